The topological polar surface area (TPSA) is 175 Å². The van der Waals surface area contributed by atoms with Gasteiger partial charge in [0.2, 0.25) is 11.8 Å². The quantitative estimate of drug-likeness (QED) is 0.128. The Hall–Kier alpha value is -5.92. The molecule has 4 aromatic rings. The molecule has 2 aromatic carbocycles. The van der Waals surface area contributed by atoms with Crippen LogP contribution in [0.3, 0.4) is 0 Å². The van der Waals surface area contributed by atoms with E-state index in [1.54, 1.807) is 9.80 Å². The minimum Gasteiger partial charge on any atom is -0.453 e. The molecule has 0 saturated carbocycles. The Balaban J connectivity index is 1.12. The Morgan fingerprint density at radius 1 is 0.709 bits per heavy atom. The first kappa shape index (κ1) is 38.8. The molecular formula is C41H50N8O6. The third kappa shape index (κ3) is 8.43. The second-order valence-corrected chi connectivity index (χ2v) is 14.8. The maximum atomic E-state index is 13.6. The van der Waals surface area contributed by atoms with Crippen molar-refractivity contribution in [2.45, 2.75) is 71.1 Å². The van der Waals surface area contributed by atoms with Crippen LogP contribution in [-0.2, 0) is 19.1 Å². The summed E-state index contributed by atoms with van der Waals surface area (Å²) in [4.78, 5) is 70.9. The van der Waals surface area contributed by atoms with E-state index in [-0.39, 0.29) is 35.7 Å². The van der Waals surface area contributed by atoms with E-state index in [1.807, 2.05) is 64.4 Å². The van der Waals surface area contributed by atoms with Crippen molar-refractivity contribution >= 4 is 24.0 Å². The van der Waals surface area contributed by atoms with Gasteiger partial charge in [-0.1, -0.05) is 88.4 Å². The summed E-state index contributed by atoms with van der Waals surface area (Å²) in [5.41, 5.74) is 6.40. The number of hydrogen-bond donors (Lipinski definition) is 4. The number of alkyl carbamates (subject to hydrolysis) is 2. The van der Waals surface area contributed by atoms with Gasteiger partial charge in [0.05, 0.1) is 37.7 Å². The fraction of sp³-hybridized carbons (Fsp3) is 0.415. The standard InChI is InChI=1S/C41H50N8O6/c1-23(2)34(46-40(52)54-6)38(50)48-18-8-9-32(48)36-42-20-30(44-36)28-14-10-26(11-15-28)27-12-16-29(17-13-27)31-21-43-37(45-31)33-19-25(5)22-49(33)39(51)35(24(3)4)47-41(53)55-7/h10-17,20-21,23-24,32-35H,5,8-9,18-19,22H2,1-4,6-7H3,(H,42,44)(H,43,45)(H,46,52)(H,47,53)/t32-,33-,34-,35-/m0/s1. The van der Waals surface area contributed by atoms with E-state index >= 15 is 0 Å². The molecular weight excluding hydrogens is 701 g/mol. The summed E-state index contributed by atoms with van der Waals surface area (Å²) >= 11 is 0. The Kier molecular flexibility index (Phi) is 11.7. The molecule has 14 heteroatoms. The van der Waals surface area contributed by atoms with E-state index in [9.17, 15) is 19.2 Å². The molecule has 0 unspecified atom stereocenters. The van der Waals surface area contributed by atoms with Crippen LogP contribution < -0.4 is 10.6 Å². The maximum absolute atomic E-state index is 13.6. The molecule has 4 atom stereocenters. The molecule has 6 rings (SSSR count). The Morgan fingerprint density at radius 3 is 1.60 bits per heavy atom. The van der Waals surface area contributed by atoms with Gasteiger partial charge in [0.1, 0.15) is 23.7 Å². The first-order valence-electron chi connectivity index (χ1n) is 18.7. The van der Waals surface area contributed by atoms with Crippen LogP contribution in [0.5, 0.6) is 0 Å². The van der Waals surface area contributed by atoms with Gasteiger partial charge in [0, 0.05) is 36.6 Å². The fourth-order valence-electron chi connectivity index (χ4n) is 7.32. The first-order chi connectivity index (χ1) is 26.4. The molecule has 2 fully saturated rings. The lowest BCUT2D eigenvalue weighted by Crippen LogP contribution is -2.51. The molecule has 0 radical (unpaired) electrons. The van der Waals surface area contributed by atoms with Gasteiger partial charge in [-0.2, -0.15) is 0 Å². The number of likely N-dealkylation sites (tertiary alicyclic amines) is 2. The molecule has 2 aromatic heterocycles. The van der Waals surface area contributed by atoms with Crippen molar-refractivity contribution in [3.05, 3.63) is 84.7 Å². The zero-order valence-corrected chi connectivity index (χ0v) is 32.2. The van der Waals surface area contributed by atoms with Crippen LogP contribution in [-0.4, -0.2) is 93.1 Å². The van der Waals surface area contributed by atoms with Gasteiger partial charge in [-0.3, -0.25) is 9.59 Å². The zero-order valence-electron chi connectivity index (χ0n) is 32.2. The number of nitrogens with one attached hydrogen (secondary N) is 4. The summed E-state index contributed by atoms with van der Waals surface area (Å²) in [6, 6.07) is 14.3. The highest BCUT2D eigenvalue weighted by atomic mass is 16.5. The second kappa shape index (κ2) is 16.6. The summed E-state index contributed by atoms with van der Waals surface area (Å²) in [5, 5.41) is 5.37. The Morgan fingerprint density at radius 2 is 1.15 bits per heavy atom. The normalized spacial score (nSPS) is 18.1. The van der Waals surface area contributed by atoms with Crippen molar-refractivity contribution in [3.63, 3.8) is 0 Å². The number of methoxy groups -OCH3 is 2. The van der Waals surface area contributed by atoms with Crippen LogP contribution >= 0.6 is 0 Å². The van der Waals surface area contributed by atoms with Gasteiger partial charge in [-0.05, 0) is 42.2 Å². The number of aromatic nitrogens is 4. The highest BCUT2D eigenvalue weighted by molar-refractivity contribution is 5.87. The van der Waals surface area contributed by atoms with Crippen molar-refractivity contribution in [1.82, 2.24) is 40.4 Å². The lowest BCUT2D eigenvalue weighted by molar-refractivity contribution is -0.136. The first-order valence-corrected chi connectivity index (χ1v) is 18.7. The van der Waals surface area contributed by atoms with Gasteiger partial charge in [-0.15, -0.1) is 0 Å². The van der Waals surface area contributed by atoms with E-state index in [2.05, 4.69) is 51.4 Å². The largest absolute Gasteiger partial charge is 0.453 e. The second-order valence-electron chi connectivity index (χ2n) is 14.8. The molecule has 290 valence electrons. The molecule has 55 heavy (non-hydrogen) atoms. The molecule has 4 heterocycles. The number of benzene rings is 2. The molecule has 4 amide bonds. The minimum absolute atomic E-state index is 0.108. The molecule has 0 spiro atoms. The summed E-state index contributed by atoms with van der Waals surface area (Å²) in [7, 11) is 2.56. The predicted octanol–water partition coefficient (Wildman–Crippen LogP) is 6.39. The van der Waals surface area contributed by atoms with Crippen LogP contribution in [0.2, 0.25) is 0 Å². The van der Waals surface area contributed by atoms with E-state index in [0.717, 1.165) is 57.9 Å². The molecule has 0 bridgehead atoms. The van der Waals surface area contributed by atoms with Gasteiger partial charge < -0.3 is 39.9 Å². The fourth-order valence-corrected chi connectivity index (χ4v) is 7.32. The molecule has 2 aliphatic heterocycles. The third-order valence-corrected chi connectivity index (χ3v) is 10.4. The van der Waals surface area contributed by atoms with Gasteiger partial charge >= 0.3 is 12.2 Å². The predicted molar refractivity (Wildman–Crippen MR) is 207 cm³/mol. The zero-order chi connectivity index (χ0) is 39.4. The van der Waals surface area contributed by atoms with Crippen LogP contribution in [0.4, 0.5) is 9.59 Å². The highest BCUT2D eigenvalue weighted by Gasteiger charge is 2.39. The lowest BCUT2D eigenvalue weighted by atomic mass is 10.0. The number of aromatic amines is 2. The van der Waals surface area contributed by atoms with Crippen LogP contribution in [0, 0.1) is 11.8 Å². The molecule has 2 aliphatic rings. The molecule has 14 nitrogen and oxygen atoms in total. The minimum atomic E-state index is -0.740. The highest BCUT2D eigenvalue weighted by Crippen LogP contribution is 2.36. The number of hydrogen-bond acceptors (Lipinski definition) is 8. The van der Waals surface area contributed by atoms with Crippen molar-refractivity contribution in [2.24, 2.45) is 11.8 Å². The number of imidazole rings is 2. The van der Waals surface area contributed by atoms with E-state index in [4.69, 9.17) is 19.4 Å². The summed E-state index contributed by atoms with van der Waals surface area (Å²) in [6.07, 6.45) is 4.63. The Labute approximate surface area is 321 Å². The SMILES string of the molecule is C=C1C[C@@H](c2nc(-c3ccc(-c4ccc(-c5c[nH]c([C@@H]6CCCN6C(=O)[C@@H](NC(=O)OC)C(C)C)n5)cc4)cc3)c[nH]2)N(C(=O)[C@@H](NC(=O)OC)C(C)C)C1. The van der Waals surface area contributed by atoms with Crippen molar-refractivity contribution < 1.29 is 28.7 Å². The summed E-state index contributed by atoms with van der Waals surface area (Å²) < 4.78 is 9.50. The molecule has 0 aliphatic carbocycles. The third-order valence-electron chi connectivity index (χ3n) is 10.4. The van der Waals surface area contributed by atoms with Gasteiger partial charge in [0.25, 0.3) is 0 Å². The number of ether oxygens (including phenoxy) is 2. The number of carbonyl (C=O) groups excluding carboxylic acids is 4. The molecule has 4 N–H and O–H groups in total. The van der Waals surface area contributed by atoms with Crippen molar-refractivity contribution in [2.75, 3.05) is 27.3 Å². The summed E-state index contributed by atoms with van der Waals surface area (Å²) in [6.45, 7) is 12.7. The monoisotopic (exact) mass is 750 g/mol. The molecule has 2 saturated heterocycles. The number of amides is 4. The van der Waals surface area contributed by atoms with E-state index < -0.39 is 24.3 Å². The van der Waals surface area contributed by atoms with Gasteiger partial charge in [-0.25, -0.2) is 19.6 Å². The van der Waals surface area contributed by atoms with Crippen LogP contribution in [0.25, 0.3) is 33.6 Å². The Bertz CT molecular complexity index is 2020. The van der Waals surface area contributed by atoms with E-state index in [0.29, 0.717) is 25.3 Å². The average Bonchev–Trinajstić information content (AvgIpc) is 4.02. The van der Waals surface area contributed by atoms with Crippen LogP contribution in [0.1, 0.15) is 70.7 Å². The van der Waals surface area contributed by atoms with E-state index in [1.165, 1.54) is 14.2 Å². The van der Waals surface area contributed by atoms with Crippen LogP contribution in [0.15, 0.2) is 73.1 Å². The van der Waals surface area contributed by atoms with Gasteiger partial charge in [0.15, 0.2) is 0 Å². The number of H-pyrrole nitrogens is 2. The van der Waals surface area contributed by atoms with Crippen molar-refractivity contribution in [3.8, 4) is 33.6 Å². The average molecular weight is 751 g/mol. The number of rotatable bonds is 11. The number of nitrogens with zero attached hydrogens (tertiary/aromatic N) is 4. The number of carbonyl (C=O) groups is 4. The smallest absolute Gasteiger partial charge is 0.407 e. The van der Waals surface area contributed by atoms with Crippen molar-refractivity contribution in [1.29, 1.82) is 0 Å². The lowest BCUT2D eigenvalue weighted by Gasteiger charge is -2.29. The summed E-state index contributed by atoms with van der Waals surface area (Å²) in [5.74, 6) is 0.776. The maximum Gasteiger partial charge on any atom is 0.407 e.